The van der Waals surface area contributed by atoms with Crippen molar-refractivity contribution in [3.63, 3.8) is 0 Å². The fourth-order valence-electron chi connectivity index (χ4n) is 4.58. The van der Waals surface area contributed by atoms with E-state index in [4.69, 9.17) is 14.5 Å². The third-order valence-electron chi connectivity index (χ3n) is 6.49. The molecule has 0 unspecified atom stereocenters. The van der Waals surface area contributed by atoms with Gasteiger partial charge in [-0.2, -0.15) is 0 Å². The molecule has 2 heterocycles. The Bertz CT molecular complexity index is 1050. The second-order valence-corrected chi connectivity index (χ2v) is 9.50. The van der Waals surface area contributed by atoms with Crippen molar-refractivity contribution in [3.05, 3.63) is 36.0 Å². The first-order chi connectivity index (χ1) is 15.6. The monoisotopic (exact) mass is 453 g/mol. The zero-order valence-corrected chi connectivity index (χ0v) is 20.8. The van der Waals surface area contributed by atoms with Crippen LogP contribution in [0.4, 0.5) is 5.82 Å². The Hall–Kier alpha value is -2.34. The number of aromatic nitrogens is 2. The van der Waals surface area contributed by atoms with Gasteiger partial charge in [-0.25, -0.2) is 4.98 Å². The maximum Gasteiger partial charge on any atom is 0.147 e. The fourth-order valence-corrected chi connectivity index (χ4v) is 5.17. The quantitative estimate of drug-likeness (QED) is 0.330. The van der Waals surface area contributed by atoms with Crippen LogP contribution < -0.4 is 14.4 Å². The van der Waals surface area contributed by atoms with Gasteiger partial charge >= 0.3 is 0 Å². The van der Waals surface area contributed by atoms with E-state index in [1.165, 1.54) is 37.9 Å². The van der Waals surface area contributed by atoms with E-state index in [9.17, 15) is 0 Å². The van der Waals surface area contributed by atoms with Crippen molar-refractivity contribution in [2.75, 3.05) is 38.5 Å². The molecule has 0 amide bonds. The third-order valence-corrected chi connectivity index (χ3v) is 7.15. The number of rotatable bonds is 10. The molecule has 6 heteroatoms. The van der Waals surface area contributed by atoms with Crippen LogP contribution in [0.1, 0.15) is 44.6 Å². The highest BCUT2D eigenvalue weighted by Crippen LogP contribution is 2.43. The molecular formula is C26H35N3O2S. The van der Waals surface area contributed by atoms with Crippen molar-refractivity contribution in [1.82, 2.24) is 9.38 Å². The van der Waals surface area contributed by atoms with Crippen molar-refractivity contribution < 1.29 is 9.47 Å². The summed E-state index contributed by atoms with van der Waals surface area (Å²) in [5.41, 5.74) is 4.04. The smallest absolute Gasteiger partial charge is 0.147 e. The van der Waals surface area contributed by atoms with E-state index in [2.05, 4.69) is 59.9 Å². The Balaban J connectivity index is 1.89. The second-order valence-electron chi connectivity index (χ2n) is 8.70. The maximum absolute atomic E-state index is 5.78. The van der Waals surface area contributed by atoms with Crippen molar-refractivity contribution in [2.45, 2.75) is 51.0 Å². The van der Waals surface area contributed by atoms with Crippen LogP contribution in [0, 0.1) is 12.8 Å². The number of nitrogens with zero attached hydrogens (tertiary/aromatic N) is 3. The van der Waals surface area contributed by atoms with Crippen LogP contribution in [-0.4, -0.2) is 42.9 Å². The van der Waals surface area contributed by atoms with E-state index in [-0.39, 0.29) is 0 Å². The maximum atomic E-state index is 5.78. The lowest BCUT2D eigenvalue weighted by molar-refractivity contribution is 0.316. The highest BCUT2D eigenvalue weighted by molar-refractivity contribution is 7.98. The van der Waals surface area contributed by atoms with Crippen LogP contribution in [0.3, 0.4) is 0 Å². The number of anilines is 1. The number of hydrogen-bond donors (Lipinski definition) is 0. The number of hydrogen-bond acceptors (Lipinski definition) is 5. The number of fused-ring (bicyclic) bond motifs is 1. The molecule has 3 aromatic rings. The van der Waals surface area contributed by atoms with E-state index < -0.39 is 0 Å². The first kappa shape index (κ1) is 22.8. The van der Waals surface area contributed by atoms with Gasteiger partial charge in [0.2, 0.25) is 0 Å². The van der Waals surface area contributed by atoms with Gasteiger partial charge in [-0.3, -0.25) is 4.40 Å². The van der Waals surface area contributed by atoms with Crippen LogP contribution in [0.5, 0.6) is 11.5 Å². The van der Waals surface area contributed by atoms with Gasteiger partial charge in [0.05, 0.1) is 19.8 Å². The molecule has 1 saturated carbocycles. The van der Waals surface area contributed by atoms with Crippen LogP contribution in [0.2, 0.25) is 0 Å². The highest BCUT2D eigenvalue weighted by Gasteiger charge is 2.26. The SMILES string of the molecule is CCCCN(CC1CCC1)c1c(SC)nc2c(-c3c(OC)cc(C)cc3OC)cccn12. The lowest BCUT2D eigenvalue weighted by Crippen LogP contribution is -2.34. The Morgan fingerprint density at radius 3 is 2.47 bits per heavy atom. The topological polar surface area (TPSA) is 39.0 Å². The molecule has 32 heavy (non-hydrogen) atoms. The number of aryl methyl sites for hydroxylation is 1. The van der Waals surface area contributed by atoms with Crippen molar-refractivity contribution in [3.8, 4) is 22.6 Å². The van der Waals surface area contributed by atoms with Crippen LogP contribution >= 0.6 is 11.8 Å². The van der Waals surface area contributed by atoms with Crippen LogP contribution in [-0.2, 0) is 0 Å². The van der Waals surface area contributed by atoms with E-state index in [0.29, 0.717) is 0 Å². The summed E-state index contributed by atoms with van der Waals surface area (Å²) in [5, 5.41) is 1.08. The molecule has 1 aromatic carbocycles. The fraction of sp³-hybridized carbons (Fsp3) is 0.500. The van der Waals surface area contributed by atoms with Gasteiger partial charge in [-0.15, -0.1) is 11.8 Å². The minimum atomic E-state index is 0.799. The van der Waals surface area contributed by atoms with E-state index in [1.54, 1.807) is 26.0 Å². The summed E-state index contributed by atoms with van der Waals surface area (Å²) in [5.74, 6) is 3.64. The molecule has 0 aliphatic heterocycles. The number of pyridine rings is 1. The molecule has 5 nitrogen and oxygen atoms in total. The lowest BCUT2D eigenvalue weighted by atomic mass is 9.85. The van der Waals surface area contributed by atoms with E-state index in [0.717, 1.165) is 57.9 Å². The van der Waals surface area contributed by atoms with Crippen molar-refractivity contribution >= 4 is 23.2 Å². The highest BCUT2D eigenvalue weighted by atomic mass is 32.2. The number of ether oxygens (including phenoxy) is 2. The lowest BCUT2D eigenvalue weighted by Gasteiger charge is -2.33. The molecule has 0 N–H and O–H groups in total. The third kappa shape index (κ3) is 4.29. The van der Waals surface area contributed by atoms with E-state index in [1.807, 2.05) is 0 Å². The Labute approximate surface area is 196 Å². The number of thioether (sulfide) groups is 1. The molecule has 172 valence electrons. The molecule has 0 saturated heterocycles. The second kappa shape index (κ2) is 10.1. The number of methoxy groups -OCH3 is 2. The van der Waals surface area contributed by atoms with Gasteiger partial charge in [-0.05, 0) is 68.2 Å². The summed E-state index contributed by atoms with van der Waals surface area (Å²) in [6, 6.07) is 8.35. The predicted octanol–water partition coefficient (Wildman–Crippen LogP) is 6.46. The molecule has 4 rings (SSSR count). The first-order valence-electron chi connectivity index (χ1n) is 11.6. The summed E-state index contributed by atoms with van der Waals surface area (Å²) in [6.45, 7) is 6.50. The Morgan fingerprint density at radius 2 is 1.91 bits per heavy atom. The van der Waals surface area contributed by atoms with Gasteiger partial charge in [0, 0.05) is 24.8 Å². The summed E-state index contributed by atoms with van der Waals surface area (Å²) >= 11 is 1.73. The number of unbranched alkanes of at least 4 members (excludes halogenated alkanes) is 1. The molecule has 2 aromatic heterocycles. The van der Waals surface area contributed by atoms with Gasteiger partial charge in [0.1, 0.15) is 28.0 Å². The minimum Gasteiger partial charge on any atom is -0.496 e. The molecule has 0 radical (unpaired) electrons. The standard InChI is InChI=1S/C26H35N3O2S/c1-6-7-13-28(17-19-10-8-11-19)26-25(32-5)27-24-20(12-9-14-29(24)26)23-21(30-3)15-18(2)16-22(23)31-4/h9,12,14-16,19H,6-8,10-11,13,17H2,1-5H3. The van der Waals surface area contributed by atoms with Crippen molar-refractivity contribution in [1.29, 1.82) is 0 Å². The predicted molar refractivity (Wildman–Crippen MR) is 135 cm³/mol. The minimum absolute atomic E-state index is 0.799. The Morgan fingerprint density at radius 1 is 1.19 bits per heavy atom. The van der Waals surface area contributed by atoms with Gasteiger partial charge < -0.3 is 14.4 Å². The molecule has 0 atom stereocenters. The summed E-state index contributed by atoms with van der Waals surface area (Å²) < 4.78 is 13.8. The van der Waals surface area contributed by atoms with E-state index >= 15 is 0 Å². The molecule has 1 aliphatic rings. The summed E-state index contributed by atoms with van der Waals surface area (Å²) in [6.07, 6.45) is 10.7. The molecule has 1 aliphatic carbocycles. The molecule has 0 bridgehead atoms. The number of imidazole rings is 1. The zero-order valence-electron chi connectivity index (χ0n) is 20.0. The molecule has 0 spiro atoms. The zero-order chi connectivity index (χ0) is 22.7. The van der Waals surface area contributed by atoms with Gasteiger partial charge in [0.15, 0.2) is 0 Å². The number of benzene rings is 1. The van der Waals surface area contributed by atoms with Gasteiger partial charge in [0.25, 0.3) is 0 Å². The Kier molecular flexibility index (Phi) is 7.19. The average Bonchev–Trinajstić information content (AvgIpc) is 3.16. The largest absolute Gasteiger partial charge is 0.496 e. The normalized spacial score (nSPS) is 13.9. The van der Waals surface area contributed by atoms with Crippen molar-refractivity contribution in [2.24, 2.45) is 5.92 Å². The molecule has 1 fully saturated rings. The summed E-state index contributed by atoms with van der Waals surface area (Å²) in [7, 11) is 3.43. The summed E-state index contributed by atoms with van der Waals surface area (Å²) in [4.78, 5) is 7.71. The molecular weight excluding hydrogens is 418 g/mol. The van der Waals surface area contributed by atoms with Crippen LogP contribution in [0.15, 0.2) is 35.5 Å². The van der Waals surface area contributed by atoms with Crippen LogP contribution in [0.25, 0.3) is 16.8 Å². The average molecular weight is 454 g/mol. The van der Waals surface area contributed by atoms with Gasteiger partial charge in [-0.1, -0.05) is 19.8 Å². The first-order valence-corrected chi connectivity index (χ1v) is 12.9.